The fraction of sp³-hybridized carbons (Fsp3) is 1.00. The lowest BCUT2D eigenvalue weighted by molar-refractivity contribution is 0.0815. The van der Waals surface area contributed by atoms with E-state index >= 15 is 0 Å². The van der Waals surface area contributed by atoms with Crippen LogP contribution in [0.5, 0.6) is 0 Å². The van der Waals surface area contributed by atoms with Gasteiger partial charge in [0.1, 0.15) is 0 Å². The summed E-state index contributed by atoms with van der Waals surface area (Å²) in [5.74, 6) is 0.950. The quantitative estimate of drug-likeness (QED) is 0.546. The summed E-state index contributed by atoms with van der Waals surface area (Å²) >= 11 is 6.28. The smallest absolute Gasteiger partial charge is 0.404 e. The molecule has 0 aromatic heterocycles. The van der Waals surface area contributed by atoms with Crippen molar-refractivity contribution in [2.45, 2.75) is 64.9 Å². The van der Waals surface area contributed by atoms with Crippen molar-refractivity contribution < 1.29 is 9.31 Å². The van der Waals surface area contributed by atoms with Gasteiger partial charge in [-0.15, -0.1) is 11.6 Å². The van der Waals surface area contributed by atoms with Crippen LogP contribution < -0.4 is 0 Å². The normalized spacial score (nSPS) is 28.1. The Morgan fingerprint density at radius 3 is 1.81 bits per heavy atom. The standard InChI is InChI=1S/C12H24BClO2/c1-6-7-10(14)13-15-11(8(2)3)12(16-13)9(4)5/h8-12H,6-7H2,1-5H3/t10-,11-,12-/m1/s1. The number of rotatable bonds is 5. The Kier molecular flexibility index (Phi) is 5.62. The summed E-state index contributed by atoms with van der Waals surface area (Å²) in [4.78, 5) is 0. The van der Waals surface area contributed by atoms with Crippen LogP contribution in [0.1, 0.15) is 47.5 Å². The molecule has 1 fully saturated rings. The zero-order chi connectivity index (χ0) is 12.3. The number of hydrogen-bond acceptors (Lipinski definition) is 2. The summed E-state index contributed by atoms with van der Waals surface area (Å²) in [5, 5.41) is -0.0185. The van der Waals surface area contributed by atoms with Gasteiger partial charge in [-0.25, -0.2) is 0 Å². The van der Waals surface area contributed by atoms with Crippen LogP contribution in [0.15, 0.2) is 0 Å². The second-order valence-electron chi connectivity index (χ2n) is 5.36. The van der Waals surface area contributed by atoms with Crippen LogP contribution in [0.2, 0.25) is 0 Å². The highest BCUT2D eigenvalue weighted by atomic mass is 35.5. The van der Waals surface area contributed by atoms with Crippen LogP contribution in [0.3, 0.4) is 0 Å². The van der Waals surface area contributed by atoms with E-state index in [4.69, 9.17) is 20.9 Å². The maximum atomic E-state index is 6.28. The molecule has 0 aliphatic carbocycles. The molecule has 3 atom stereocenters. The Bertz CT molecular complexity index is 195. The highest BCUT2D eigenvalue weighted by Crippen LogP contribution is 2.31. The van der Waals surface area contributed by atoms with Crippen molar-refractivity contribution in [1.82, 2.24) is 0 Å². The van der Waals surface area contributed by atoms with Crippen molar-refractivity contribution in [2.75, 3.05) is 0 Å². The van der Waals surface area contributed by atoms with Gasteiger partial charge in [0, 0.05) is 0 Å². The molecule has 0 amide bonds. The van der Waals surface area contributed by atoms with E-state index in [0.717, 1.165) is 12.8 Å². The minimum atomic E-state index is -0.221. The minimum absolute atomic E-state index is 0.0185. The molecule has 4 heteroatoms. The molecule has 0 saturated carbocycles. The fourth-order valence-corrected chi connectivity index (χ4v) is 2.49. The lowest BCUT2D eigenvalue weighted by Crippen LogP contribution is -2.31. The maximum Gasteiger partial charge on any atom is 0.476 e. The molecular formula is C12H24BClO2. The first kappa shape index (κ1) is 14.3. The molecular weight excluding hydrogens is 222 g/mol. The predicted octanol–water partition coefficient (Wildman–Crippen LogP) is 3.52. The highest BCUT2D eigenvalue weighted by Gasteiger charge is 2.45. The van der Waals surface area contributed by atoms with Crippen LogP contribution in [-0.2, 0) is 9.31 Å². The molecule has 0 spiro atoms. The first-order valence-corrected chi connectivity index (χ1v) is 6.86. The second kappa shape index (κ2) is 6.27. The third-order valence-electron chi connectivity index (χ3n) is 3.08. The van der Waals surface area contributed by atoms with Crippen molar-refractivity contribution in [2.24, 2.45) is 11.8 Å². The fourth-order valence-electron chi connectivity index (χ4n) is 2.15. The van der Waals surface area contributed by atoms with Crippen molar-refractivity contribution in [3.05, 3.63) is 0 Å². The third-order valence-corrected chi connectivity index (χ3v) is 3.50. The van der Waals surface area contributed by atoms with E-state index in [9.17, 15) is 0 Å². The Hall–Kier alpha value is 0.275. The molecule has 2 nitrogen and oxygen atoms in total. The van der Waals surface area contributed by atoms with Crippen LogP contribution >= 0.6 is 11.6 Å². The molecule has 16 heavy (non-hydrogen) atoms. The number of halogens is 1. The van der Waals surface area contributed by atoms with Gasteiger partial charge < -0.3 is 9.31 Å². The van der Waals surface area contributed by atoms with E-state index in [2.05, 4.69) is 34.6 Å². The van der Waals surface area contributed by atoms with Gasteiger partial charge in [0.2, 0.25) is 0 Å². The first-order chi connectivity index (χ1) is 7.47. The summed E-state index contributed by atoms with van der Waals surface area (Å²) in [7, 11) is -0.221. The van der Waals surface area contributed by atoms with Crippen molar-refractivity contribution in [1.29, 1.82) is 0 Å². The molecule has 94 valence electrons. The number of alkyl halides is 1. The van der Waals surface area contributed by atoms with E-state index in [1.807, 2.05) is 0 Å². The zero-order valence-electron chi connectivity index (χ0n) is 11.1. The van der Waals surface area contributed by atoms with Gasteiger partial charge in [0.25, 0.3) is 0 Å². The maximum absolute atomic E-state index is 6.28. The van der Waals surface area contributed by atoms with E-state index in [1.54, 1.807) is 0 Å². The topological polar surface area (TPSA) is 18.5 Å². The molecule has 1 saturated heterocycles. The first-order valence-electron chi connectivity index (χ1n) is 6.42. The molecule has 0 aromatic rings. The molecule has 1 heterocycles. The van der Waals surface area contributed by atoms with Gasteiger partial charge in [0.05, 0.1) is 17.5 Å². The monoisotopic (exact) mass is 246 g/mol. The predicted molar refractivity (Wildman–Crippen MR) is 69.7 cm³/mol. The summed E-state index contributed by atoms with van der Waals surface area (Å²) in [5.41, 5.74) is 0. The van der Waals surface area contributed by atoms with Crippen LogP contribution in [0, 0.1) is 11.8 Å². The van der Waals surface area contributed by atoms with Gasteiger partial charge in [0.15, 0.2) is 0 Å². The molecule has 1 aliphatic heterocycles. The zero-order valence-corrected chi connectivity index (χ0v) is 11.8. The van der Waals surface area contributed by atoms with Crippen LogP contribution in [-0.4, -0.2) is 24.6 Å². The highest BCUT2D eigenvalue weighted by molar-refractivity contribution is 6.59. The van der Waals surface area contributed by atoms with Crippen LogP contribution in [0.4, 0.5) is 0 Å². The molecule has 1 rings (SSSR count). The van der Waals surface area contributed by atoms with Crippen molar-refractivity contribution in [3.8, 4) is 0 Å². The molecule has 0 radical (unpaired) electrons. The average molecular weight is 247 g/mol. The van der Waals surface area contributed by atoms with Crippen molar-refractivity contribution in [3.63, 3.8) is 0 Å². The second-order valence-corrected chi connectivity index (χ2v) is 5.92. The van der Waals surface area contributed by atoms with Crippen molar-refractivity contribution >= 4 is 18.7 Å². The Morgan fingerprint density at radius 2 is 1.50 bits per heavy atom. The van der Waals surface area contributed by atoms with Gasteiger partial charge in [-0.1, -0.05) is 41.0 Å². The van der Waals surface area contributed by atoms with Crippen LogP contribution in [0.25, 0.3) is 0 Å². The lowest BCUT2D eigenvalue weighted by atomic mass is 9.82. The Morgan fingerprint density at radius 1 is 1.06 bits per heavy atom. The van der Waals surface area contributed by atoms with E-state index < -0.39 is 0 Å². The van der Waals surface area contributed by atoms with Gasteiger partial charge >= 0.3 is 7.12 Å². The minimum Gasteiger partial charge on any atom is -0.404 e. The SMILES string of the molecule is CCC[C@@H](Cl)B1O[C@H](C(C)C)[C@@H](C(C)C)O1. The van der Waals surface area contributed by atoms with Gasteiger partial charge in [-0.2, -0.15) is 0 Å². The molecule has 0 aromatic carbocycles. The lowest BCUT2D eigenvalue weighted by Gasteiger charge is -2.24. The largest absolute Gasteiger partial charge is 0.476 e. The molecule has 0 N–H and O–H groups in total. The number of hydrogen-bond donors (Lipinski definition) is 0. The van der Waals surface area contributed by atoms with E-state index in [1.165, 1.54) is 0 Å². The van der Waals surface area contributed by atoms with E-state index in [0.29, 0.717) is 11.8 Å². The summed E-state index contributed by atoms with van der Waals surface area (Å²) in [6.45, 7) is 10.8. The molecule has 1 aliphatic rings. The molecule has 0 bridgehead atoms. The third kappa shape index (κ3) is 3.38. The summed E-state index contributed by atoms with van der Waals surface area (Å²) in [6, 6.07) is 0. The Balaban J connectivity index is 2.61. The Labute approximate surface area is 105 Å². The molecule has 0 unspecified atom stereocenters. The van der Waals surface area contributed by atoms with E-state index in [-0.39, 0.29) is 24.6 Å². The summed E-state index contributed by atoms with van der Waals surface area (Å²) in [6.07, 6.45) is 2.38. The van der Waals surface area contributed by atoms with Gasteiger partial charge in [-0.05, 0) is 18.3 Å². The summed E-state index contributed by atoms with van der Waals surface area (Å²) < 4.78 is 11.9. The van der Waals surface area contributed by atoms with Gasteiger partial charge in [-0.3, -0.25) is 0 Å². The average Bonchev–Trinajstić information content (AvgIpc) is 2.62.